The Morgan fingerprint density at radius 1 is 1.57 bits per heavy atom. The van der Waals surface area contributed by atoms with Crippen LogP contribution in [0.1, 0.15) is 25.6 Å². The first-order chi connectivity index (χ1) is 6.52. The lowest BCUT2D eigenvalue weighted by atomic mass is 10.0. The second kappa shape index (κ2) is 4.15. The number of hydrogen-bond donors (Lipinski definition) is 1. The quantitative estimate of drug-likeness (QED) is 0.587. The van der Waals surface area contributed by atoms with E-state index in [4.69, 9.17) is 5.73 Å². The minimum Gasteiger partial charge on any atom is -0.322 e. The van der Waals surface area contributed by atoms with Gasteiger partial charge in [0.1, 0.15) is 0 Å². The van der Waals surface area contributed by atoms with Gasteiger partial charge in [-0.25, -0.2) is 0 Å². The van der Waals surface area contributed by atoms with Crippen LogP contribution in [0.15, 0.2) is 18.3 Å². The van der Waals surface area contributed by atoms with Crippen molar-refractivity contribution in [3.63, 3.8) is 0 Å². The zero-order chi connectivity index (χ0) is 10.7. The Kier molecular flexibility index (Phi) is 3.14. The number of rotatable bonds is 3. The second-order valence-corrected chi connectivity index (χ2v) is 3.47. The summed E-state index contributed by atoms with van der Waals surface area (Å²) in [7, 11) is 0. The van der Waals surface area contributed by atoms with E-state index >= 15 is 0 Å². The average Bonchev–Trinajstić information content (AvgIpc) is 2.16. The first-order valence-corrected chi connectivity index (χ1v) is 4.38. The molecule has 5 nitrogen and oxygen atoms in total. The molecule has 14 heavy (non-hydrogen) atoms. The highest BCUT2D eigenvalue weighted by Gasteiger charge is 2.15. The van der Waals surface area contributed by atoms with Gasteiger partial charge in [-0.05, 0) is 5.92 Å². The Morgan fingerprint density at radius 3 is 2.71 bits per heavy atom. The number of nitrogens with zero attached hydrogens (tertiary/aromatic N) is 2. The maximum absolute atomic E-state index is 10.5. The molecule has 0 aliphatic carbocycles. The van der Waals surface area contributed by atoms with E-state index in [9.17, 15) is 10.1 Å². The molecule has 0 radical (unpaired) electrons. The third-order valence-corrected chi connectivity index (χ3v) is 2.04. The lowest BCUT2D eigenvalue weighted by molar-refractivity contribution is -0.385. The summed E-state index contributed by atoms with van der Waals surface area (Å²) in [5.41, 5.74) is 6.42. The number of aromatic nitrogens is 1. The van der Waals surface area contributed by atoms with Gasteiger partial charge in [0.05, 0.1) is 10.6 Å². The van der Waals surface area contributed by atoms with Crippen LogP contribution in [-0.2, 0) is 0 Å². The molecule has 0 spiro atoms. The molecule has 0 saturated heterocycles. The van der Waals surface area contributed by atoms with E-state index < -0.39 is 4.92 Å². The fraction of sp³-hybridized carbons (Fsp3) is 0.444. The smallest absolute Gasteiger partial charge is 0.272 e. The van der Waals surface area contributed by atoms with Crippen LogP contribution in [-0.4, -0.2) is 9.91 Å². The van der Waals surface area contributed by atoms with Crippen molar-refractivity contribution in [2.45, 2.75) is 19.9 Å². The third kappa shape index (κ3) is 2.26. The lowest BCUT2D eigenvalue weighted by Gasteiger charge is -2.13. The van der Waals surface area contributed by atoms with Crippen LogP contribution in [0.4, 0.5) is 5.69 Å². The predicted octanol–water partition coefficient (Wildman–Crippen LogP) is 1.65. The zero-order valence-corrected chi connectivity index (χ0v) is 8.18. The predicted molar refractivity (Wildman–Crippen MR) is 52.7 cm³/mol. The van der Waals surface area contributed by atoms with E-state index in [2.05, 4.69) is 4.98 Å². The molecule has 0 saturated carbocycles. The number of hydrogen-bond acceptors (Lipinski definition) is 4. The van der Waals surface area contributed by atoms with Gasteiger partial charge in [0.25, 0.3) is 5.69 Å². The molecule has 0 aromatic carbocycles. The fourth-order valence-electron chi connectivity index (χ4n) is 1.07. The van der Waals surface area contributed by atoms with Crippen molar-refractivity contribution in [3.8, 4) is 0 Å². The molecule has 1 aromatic heterocycles. The van der Waals surface area contributed by atoms with Gasteiger partial charge in [0.2, 0.25) is 0 Å². The Labute approximate surface area is 82.1 Å². The summed E-state index contributed by atoms with van der Waals surface area (Å²) in [6.45, 7) is 3.90. The van der Waals surface area contributed by atoms with Crippen LogP contribution in [0.3, 0.4) is 0 Å². The van der Waals surface area contributed by atoms with Gasteiger partial charge in [-0.3, -0.25) is 15.1 Å². The Hall–Kier alpha value is -1.49. The molecule has 0 amide bonds. The maximum Gasteiger partial charge on any atom is 0.272 e. The molecule has 1 atom stereocenters. The molecule has 0 unspecified atom stereocenters. The SMILES string of the molecule is CC(C)[C@@H](N)c1cc([N+](=O)[O-])ccn1. The normalized spacial score (nSPS) is 12.9. The summed E-state index contributed by atoms with van der Waals surface area (Å²) in [6, 6.07) is 2.52. The minimum absolute atomic E-state index is 0.0334. The highest BCUT2D eigenvalue weighted by molar-refractivity contribution is 5.30. The first-order valence-electron chi connectivity index (χ1n) is 4.38. The maximum atomic E-state index is 10.5. The van der Waals surface area contributed by atoms with Gasteiger partial charge in [-0.2, -0.15) is 0 Å². The molecule has 1 rings (SSSR count). The molecule has 0 aliphatic rings. The number of nitrogens with two attached hydrogens (primary N) is 1. The summed E-state index contributed by atoms with van der Waals surface area (Å²) in [4.78, 5) is 14.0. The van der Waals surface area contributed by atoms with Gasteiger partial charge in [-0.15, -0.1) is 0 Å². The highest BCUT2D eigenvalue weighted by atomic mass is 16.6. The van der Waals surface area contributed by atoms with E-state index in [1.807, 2.05) is 13.8 Å². The van der Waals surface area contributed by atoms with Gasteiger partial charge < -0.3 is 5.73 Å². The summed E-state index contributed by atoms with van der Waals surface area (Å²) in [6.07, 6.45) is 1.41. The molecule has 2 N–H and O–H groups in total. The van der Waals surface area contributed by atoms with Gasteiger partial charge in [-0.1, -0.05) is 13.8 Å². The summed E-state index contributed by atoms with van der Waals surface area (Å²) in [5, 5.41) is 10.5. The van der Waals surface area contributed by atoms with E-state index in [-0.39, 0.29) is 17.6 Å². The summed E-state index contributed by atoms with van der Waals surface area (Å²) < 4.78 is 0. The molecule has 0 bridgehead atoms. The first kappa shape index (κ1) is 10.6. The Morgan fingerprint density at radius 2 is 2.21 bits per heavy atom. The standard InChI is InChI=1S/C9H13N3O2/c1-6(2)9(10)8-5-7(12(13)14)3-4-11-8/h3-6,9H,10H2,1-2H3/t9-/m1/s1. The third-order valence-electron chi connectivity index (χ3n) is 2.04. The molecular formula is C9H13N3O2. The number of pyridine rings is 1. The molecule has 1 heterocycles. The molecule has 0 aliphatic heterocycles. The van der Waals surface area contributed by atoms with Crippen LogP contribution in [0, 0.1) is 16.0 Å². The van der Waals surface area contributed by atoms with E-state index in [1.165, 1.54) is 18.3 Å². The van der Waals surface area contributed by atoms with Crippen molar-refractivity contribution in [2.24, 2.45) is 11.7 Å². The van der Waals surface area contributed by atoms with Crippen molar-refractivity contribution in [1.29, 1.82) is 0 Å². The van der Waals surface area contributed by atoms with Crippen LogP contribution in [0.2, 0.25) is 0 Å². The average molecular weight is 195 g/mol. The molecular weight excluding hydrogens is 182 g/mol. The summed E-state index contributed by atoms with van der Waals surface area (Å²) >= 11 is 0. The largest absolute Gasteiger partial charge is 0.322 e. The molecule has 5 heteroatoms. The van der Waals surface area contributed by atoms with Crippen molar-refractivity contribution in [2.75, 3.05) is 0 Å². The van der Waals surface area contributed by atoms with Crippen LogP contribution in [0.5, 0.6) is 0 Å². The van der Waals surface area contributed by atoms with Gasteiger partial charge in [0, 0.05) is 24.4 Å². The fourth-order valence-corrected chi connectivity index (χ4v) is 1.07. The Balaban J connectivity index is 2.99. The monoisotopic (exact) mass is 195 g/mol. The van der Waals surface area contributed by atoms with E-state index in [0.29, 0.717) is 5.69 Å². The highest BCUT2D eigenvalue weighted by Crippen LogP contribution is 2.20. The molecule has 76 valence electrons. The van der Waals surface area contributed by atoms with Gasteiger partial charge >= 0.3 is 0 Å². The van der Waals surface area contributed by atoms with Crippen molar-refractivity contribution in [1.82, 2.24) is 4.98 Å². The van der Waals surface area contributed by atoms with Crippen molar-refractivity contribution < 1.29 is 4.92 Å². The minimum atomic E-state index is -0.446. The van der Waals surface area contributed by atoms with Crippen molar-refractivity contribution >= 4 is 5.69 Å². The Bertz CT molecular complexity index is 339. The van der Waals surface area contributed by atoms with E-state index in [0.717, 1.165) is 0 Å². The van der Waals surface area contributed by atoms with Gasteiger partial charge in [0.15, 0.2) is 0 Å². The van der Waals surface area contributed by atoms with Crippen LogP contribution in [0.25, 0.3) is 0 Å². The summed E-state index contributed by atoms with van der Waals surface area (Å²) in [5.74, 6) is 0.213. The van der Waals surface area contributed by atoms with E-state index in [1.54, 1.807) is 0 Å². The lowest BCUT2D eigenvalue weighted by Crippen LogP contribution is -2.18. The molecule has 1 aromatic rings. The number of nitro groups is 1. The van der Waals surface area contributed by atoms with Crippen molar-refractivity contribution in [3.05, 3.63) is 34.1 Å². The zero-order valence-electron chi connectivity index (χ0n) is 8.18. The van der Waals surface area contributed by atoms with Crippen LogP contribution < -0.4 is 5.73 Å². The molecule has 0 fully saturated rings. The second-order valence-electron chi connectivity index (χ2n) is 3.47. The topological polar surface area (TPSA) is 82.0 Å². The van der Waals surface area contributed by atoms with Crippen LogP contribution >= 0.6 is 0 Å².